The highest BCUT2D eigenvalue weighted by atomic mass is 35.7. The van der Waals surface area contributed by atoms with Crippen molar-refractivity contribution in [3.63, 3.8) is 0 Å². The molecule has 0 spiro atoms. The second-order valence-corrected chi connectivity index (χ2v) is 6.16. The molecule has 0 saturated heterocycles. The van der Waals surface area contributed by atoms with E-state index in [2.05, 4.69) is 0 Å². The Labute approximate surface area is 92.5 Å². The average molecular weight is 251 g/mol. The molecule has 0 aliphatic carbocycles. The molecule has 0 aromatic heterocycles. The Morgan fingerprint density at radius 2 is 1.87 bits per heavy atom. The van der Waals surface area contributed by atoms with Crippen LogP contribution in [-0.4, -0.2) is 24.4 Å². The van der Waals surface area contributed by atoms with E-state index in [0.717, 1.165) is 0 Å². The van der Waals surface area contributed by atoms with Gasteiger partial charge < -0.3 is 10.2 Å². The molecule has 1 aromatic carbocycles. The molecule has 0 unspecified atom stereocenters. The monoisotopic (exact) mass is 250 g/mol. The van der Waals surface area contributed by atoms with Gasteiger partial charge in [-0.25, -0.2) is 8.42 Å². The first-order valence-corrected chi connectivity index (χ1v) is 6.71. The summed E-state index contributed by atoms with van der Waals surface area (Å²) in [5.41, 5.74) is 1.03. The van der Waals surface area contributed by atoms with Crippen LogP contribution in [0.3, 0.4) is 0 Å². The van der Waals surface area contributed by atoms with Crippen molar-refractivity contribution in [2.24, 2.45) is 0 Å². The van der Waals surface area contributed by atoms with Gasteiger partial charge in [-0.1, -0.05) is 0 Å². The second-order valence-electron chi connectivity index (χ2n) is 3.26. The fraction of sp³-hybridized carbons (Fsp3) is 0.333. The molecule has 0 amide bonds. The van der Waals surface area contributed by atoms with E-state index in [0.29, 0.717) is 11.1 Å². The van der Waals surface area contributed by atoms with Crippen LogP contribution in [0, 0.1) is 6.92 Å². The second kappa shape index (κ2) is 4.28. The lowest BCUT2D eigenvalue weighted by Crippen LogP contribution is -2.01. The molecule has 4 nitrogen and oxygen atoms in total. The van der Waals surface area contributed by atoms with Gasteiger partial charge in [0.15, 0.2) is 0 Å². The minimum atomic E-state index is -3.56. The predicted molar refractivity (Wildman–Crippen MR) is 57.9 cm³/mol. The third-order valence-electron chi connectivity index (χ3n) is 2.01. The maximum absolute atomic E-state index is 10.7. The molecular weight excluding hydrogens is 240 g/mol. The summed E-state index contributed by atoms with van der Waals surface area (Å²) in [6.45, 7) is 1.66. The third kappa shape index (κ3) is 3.60. The van der Waals surface area contributed by atoms with Gasteiger partial charge in [-0.05, 0) is 30.5 Å². The Bertz CT molecular complexity index is 467. The molecule has 0 aliphatic heterocycles. The fourth-order valence-corrected chi connectivity index (χ4v) is 1.87. The van der Waals surface area contributed by atoms with Gasteiger partial charge >= 0.3 is 0 Å². The molecule has 1 rings (SSSR count). The minimum absolute atomic E-state index is 0.0232. The smallest absolute Gasteiger partial charge is 0.232 e. The first kappa shape index (κ1) is 12.1. The van der Waals surface area contributed by atoms with E-state index in [-0.39, 0.29) is 23.7 Å². The van der Waals surface area contributed by atoms with Crippen LogP contribution in [0.1, 0.15) is 11.1 Å². The predicted octanol–water partition coefficient (Wildman–Crippen LogP) is 1.52. The van der Waals surface area contributed by atoms with Crippen molar-refractivity contribution in [2.75, 3.05) is 5.75 Å². The molecule has 0 aliphatic rings. The van der Waals surface area contributed by atoms with Crippen molar-refractivity contribution in [2.45, 2.75) is 13.3 Å². The molecule has 0 bridgehead atoms. The van der Waals surface area contributed by atoms with Crippen molar-refractivity contribution in [3.05, 3.63) is 23.3 Å². The number of hydrogen-bond acceptors (Lipinski definition) is 4. The molecule has 0 fully saturated rings. The zero-order valence-corrected chi connectivity index (χ0v) is 9.64. The highest BCUT2D eigenvalue weighted by molar-refractivity contribution is 8.13. The van der Waals surface area contributed by atoms with E-state index in [9.17, 15) is 18.6 Å². The molecule has 1 aromatic rings. The third-order valence-corrected chi connectivity index (χ3v) is 3.17. The van der Waals surface area contributed by atoms with Crippen LogP contribution >= 0.6 is 10.7 Å². The molecule has 2 N–H and O–H groups in total. The number of aromatic hydroxyl groups is 2. The summed E-state index contributed by atoms with van der Waals surface area (Å²) < 4.78 is 21.4. The summed E-state index contributed by atoms with van der Waals surface area (Å²) >= 11 is 0. The van der Waals surface area contributed by atoms with Crippen LogP contribution in [0.15, 0.2) is 12.1 Å². The number of phenols is 2. The van der Waals surface area contributed by atoms with Gasteiger partial charge in [0.05, 0.1) is 5.75 Å². The van der Waals surface area contributed by atoms with E-state index in [1.54, 1.807) is 6.92 Å². The van der Waals surface area contributed by atoms with Gasteiger partial charge in [0.1, 0.15) is 11.5 Å². The first-order valence-electron chi connectivity index (χ1n) is 4.23. The molecule has 0 atom stereocenters. The van der Waals surface area contributed by atoms with E-state index >= 15 is 0 Å². The van der Waals surface area contributed by atoms with Crippen LogP contribution in [0.25, 0.3) is 0 Å². The summed E-state index contributed by atoms with van der Waals surface area (Å²) in [5, 5.41) is 18.7. The maximum Gasteiger partial charge on any atom is 0.232 e. The Morgan fingerprint density at radius 1 is 1.27 bits per heavy atom. The number of phenolic OH excluding ortho intramolecular Hbond substituents is 2. The number of hydrogen-bond donors (Lipinski definition) is 2. The zero-order chi connectivity index (χ0) is 11.6. The van der Waals surface area contributed by atoms with E-state index in [1.165, 1.54) is 12.1 Å². The lowest BCUT2D eigenvalue weighted by atomic mass is 10.1. The summed E-state index contributed by atoms with van der Waals surface area (Å²) in [7, 11) is 1.48. The van der Waals surface area contributed by atoms with Crippen molar-refractivity contribution < 1.29 is 18.6 Å². The number of aryl methyl sites for hydroxylation is 2. The lowest BCUT2D eigenvalue weighted by Gasteiger charge is -2.06. The Morgan fingerprint density at radius 3 is 2.40 bits per heavy atom. The van der Waals surface area contributed by atoms with Crippen molar-refractivity contribution in [3.8, 4) is 11.5 Å². The highest BCUT2D eigenvalue weighted by Gasteiger charge is 2.10. The minimum Gasteiger partial charge on any atom is -0.508 e. The largest absolute Gasteiger partial charge is 0.508 e. The zero-order valence-electron chi connectivity index (χ0n) is 8.07. The summed E-state index contributed by atoms with van der Waals surface area (Å²) in [6, 6.07) is 2.72. The number of halogens is 1. The van der Waals surface area contributed by atoms with E-state index < -0.39 is 9.05 Å². The van der Waals surface area contributed by atoms with Gasteiger partial charge in [-0.15, -0.1) is 0 Å². The van der Waals surface area contributed by atoms with Gasteiger partial charge in [-0.3, -0.25) is 0 Å². The lowest BCUT2D eigenvalue weighted by molar-refractivity contribution is 0.444. The molecule has 0 heterocycles. The van der Waals surface area contributed by atoms with E-state index in [4.69, 9.17) is 10.7 Å². The SMILES string of the molecule is Cc1cc(CCS(=O)(=O)Cl)c(O)cc1O. The van der Waals surface area contributed by atoms with E-state index in [1.807, 2.05) is 0 Å². The van der Waals surface area contributed by atoms with Crippen LogP contribution in [0.2, 0.25) is 0 Å². The highest BCUT2D eigenvalue weighted by Crippen LogP contribution is 2.27. The molecule has 0 radical (unpaired) electrons. The molecule has 15 heavy (non-hydrogen) atoms. The molecule has 6 heteroatoms. The number of rotatable bonds is 3. The average Bonchev–Trinajstić information content (AvgIpc) is 2.07. The Balaban J connectivity index is 2.91. The Hall–Kier alpha value is -0.940. The van der Waals surface area contributed by atoms with Crippen LogP contribution in [0.4, 0.5) is 0 Å². The first-order chi connectivity index (χ1) is 6.79. The number of benzene rings is 1. The topological polar surface area (TPSA) is 74.6 Å². The van der Waals surface area contributed by atoms with Crippen LogP contribution < -0.4 is 0 Å². The standard InChI is InChI=1S/C9H11ClO4S/c1-6-4-7(2-3-15(10,13)14)9(12)5-8(6)11/h4-5,11-12H,2-3H2,1H3. The summed E-state index contributed by atoms with van der Waals surface area (Å²) in [4.78, 5) is 0. The van der Waals surface area contributed by atoms with Crippen molar-refractivity contribution >= 4 is 19.7 Å². The quantitative estimate of drug-likeness (QED) is 0.798. The van der Waals surface area contributed by atoms with Gasteiger partial charge in [0.2, 0.25) is 9.05 Å². The van der Waals surface area contributed by atoms with Crippen LogP contribution in [0.5, 0.6) is 11.5 Å². The van der Waals surface area contributed by atoms with Gasteiger partial charge in [0, 0.05) is 16.7 Å². The molecular formula is C9H11ClO4S. The molecule has 0 saturated carbocycles. The van der Waals surface area contributed by atoms with Gasteiger partial charge in [-0.2, -0.15) is 0 Å². The fourth-order valence-electron chi connectivity index (χ4n) is 1.18. The summed E-state index contributed by atoms with van der Waals surface area (Å²) in [6.07, 6.45) is 0.124. The van der Waals surface area contributed by atoms with Crippen LogP contribution in [-0.2, 0) is 15.5 Å². The van der Waals surface area contributed by atoms with Gasteiger partial charge in [0.25, 0.3) is 0 Å². The Kier molecular flexibility index (Phi) is 3.46. The summed E-state index contributed by atoms with van der Waals surface area (Å²) in [5.74, 6) is -0.393. The van der Waals surface area contributed by atoms with Crippen molar-refractivity contribution in [1.29, 1.82) is 0 Å². The maximum atomic E-state index is 10.7. The van der Waals surface area contributed by atoms with Crippen molar-refractivity contribution in [1.82, 2.24) is 0 Å². The molecule has 84 valence electrons. The normalized spacial score (nSPS) is 11.6.